The Morgan fingerprint density at radius 3 is 2.09 bits per heavy atom. The summed E-state index contributed by atoms with van der Waals surface area (Å²) in [5, 5.41) is 2.90. The first kappa shape index (κ1) is 21.7. The summed E-state index contributed by atoms with van der Waals surface area (Å²) in [6, 6.07) is 6.88. The lowest BCUT2D eigenvalue weighted by atomic mass is 9.81. The average molecular weight is 364 g/mol. The molecule has 0 radical (unpaired) electrons. The van der Waals surface area contributed by atoms with Gasteiger partial charge in [0.05, 0.1) is 11.7 Å². The zero-order chi connectivity index (χ0) is 16.8. The highest BCUT2D eigenvalue weighted by molar-refractivity contribution is 7.92. The van der Waals surface area contributed by atoms with Crippen molar-refractivity contribution in [2.75, 3.05) is 17.5 Å². The lowest BCUT2D eigenvalue weighted by Crippen LogP contribution is -2.45. The van der Waals surface area contributed by atoms with Crippen molar-refractivity contribution >= 4 is 34.0 Å². The summed E-state index contributed by atoms with van der Waals surface area (Å²) in [6.07, 6.45) is 2.50. The van der Waals surface area contributed by atoms with Crippen molar-refractivity contribution in [3.63, 3.8) is 0 Å². The van der Waals surface area contributed by atoms with E-state index in [1.807, 2.05) is 13.8 Å². The Morgan fingerprint density at radius 2 is 1.70 bits per heavy atom. The van der Waals surface area contributed by atoms with Gasteiger partial charge in [0.15, 0.2) is 0 Å². The number of benzene rings is 1. The minimum atomic E-state index is -3.28. The first-order chi connectivity index (χ1) is 10.3. The van der Waals surface area contributed by atoms with Crippen LogP contribution < -0.4 is 15.8 Å². The summed E-state index contributed by atoms with van der Waals surface area (Å²) in [5.41, 5.74) is 6.63. The summed E-state index contributed by atoms with van der Waals surface area (Å²) in [7, 11) is -3.28. The molecule has 1 rings (SSSR count). The van der Waals surface area contributed by atoms with E-state index in [1.165, 1.54) is 0 Å². The lowest BCUT2D eigenvalue weighted by molar-refractivity contribution is -0.131. The normalized spacial score (nSPS) is 11.5. The number of hydrogen-bond donors (Lipinski definition) is 3. The molecule has 0 unspecified atom stereocenters. The summed E-state index contributed by atoms with van der Waals surface area (Å²) in [4.78, 5) is 12.3. The molecule has 0 saturated heterocycles. The highest BCUT2D eigenvalue weighted by Gasteiger charge is 2.32. The van der Waals surface area contributed by atoms with Crippen molar-refractivity contribution in [3.8, 4) is 0 Å². The van der Waals surface area contributed by atoms with Crippen LogP contribution in [0.25, 0.3) is 0 Å². The van der Waals surface area contributed by atoms with Gasteiger partial charge in [-0.3, -0.25) is 9.52 Å². The molecule has 0 aliphatic rings. The van der Waals surface area contributed by atoms with Crippen LogP contribution >= 0.6 is 12.4 Å². The van der Waals surface area contributed by atoms with E-state index in [2.05, 4.69) is 10.0 Å². The van der Waals surface area contributed by atoms with Crippen molar-refractivity contribution in [2.45, 2.75) is 33.2 Å². The van der Waals surface area contributed by atoms with Crippen LogP contribution in [0, 0.1) is 5.41 Å². The third-order valence-corrected chi connectivity index (χ3v) is 4.54. The fourth-order valence-electron chi connectivity index (χ4n) is 2.23. The number of nitrogens with two attached hydrogens (primary N) is 1. The van der Waals surface area contributed by atoms with Gasteiger partial charge >= 0.3 is 0 Å². The SMILES string of the molecule is CCC(CC)(CN)C(=O)NCc1ccc(NS(C)(=O)=O)cc1.Cl. The molecular formula is C15H26ClN3O3S. The van der Waals surface area contributed by atoms with Crippen LogP contribution in [0.2, 0.25) is 0 Å². The highest BCUT2D eigenvalue weighted by Crippen LogP contribution is 2.25. The van der Waals surface area contributed by atoms with E-state index in [4.69, 9.17) is 5.73 Å². The average Bonchev–Trinajstić information content (AvgIpc) is 2.47. The molecule has 23 heavy (non-hydrogen) atoms. The van der Waals surface area contributed by atoms with Crippen LogP contribution in [0.4, 0.5) is 5.69 Å². The second kappa shape index (κ2) is 9.10. The van der Waals surface area contributed by atoms with Crippen molar-refractivity contribution < 1.29 is 13.2 Å². The number of hydrogen-bond acceptors (Lipinski definition) is 4. The number of anilines is 1. The largest absolute Gasteiger partial charge is 0.352 e. The minimum Gasteiger partial charge on any atom is -0.352 e. The maximum atomic E-state index is 12.3. The molecule has 0 fully saturated rings. The molecule has 4 N–H and O–H groups in total. The van der Waals surface area contributed by atoms with Gasteiger partial charge in [-0.1, -0.05) is 26.0 Å². The predicted octanol–water partition coefficient (Wildman–Crippen LogP) is 1.86. The van der Waals surface area contributed by atoms with E-state index in [0.717, 1.165) is 11.8 Å². The number of halogens is 1. The molecule has 0 aromatic heterocycles. The third-order valence-electron chi connectivity index (χ3n) is 3.94. The Morgan fingerprint density at radius 1 is 1.17 bits per heavy atom. The Balaban J connectivity index is 0.00000484. The molecule has 132 valence electrons. The summed E-state index contributed by atoms with van der Waals surface area (Å²) >= 11 is 0. The third kappa shape index (κ3) is 6.37. The molecule has 6 nitrogen and oxygen atoms in total. The highest BCUT2D eigenvalue weighted by atomic mass is 35.5. The van der Waals surface area contributed by atoms with Crippen LogP contribution in [0.1, 0.15) is 32.3 Å². The Labute approximate surface area is 144 Å². The number of sulfonamides is 1. The van der Waals surface area contributed by atoms with Gasteiger partial charge in [0.1, 0.15) is 0 Å². The standard InChI is InChI=1S/C15H25N3O3S.ClH/c1-4-15(5-2,11-16)14(19)17-10-12-6-8-13(9-7-12)18-22(3,20)21;/h6-9,18H,4-5,10-11,16H2,1-3H3,(H,17,19);1H. The number of amides is 1. The predicted molar refractivity (Wildman–Crippen MR) is 96.1 cm³/mol. The van der Waals surface area contributed by atoms with Crippen molar-refractivity contribution in [1.82, 2.24) is 5.32 Å². The molecule has 1 amide bonds. The van der Waals surface area contributed by atoms with Gasteiger partial charge in [0.2, 0.25) is 15.9 Å². The molecule has 0 aliphatic heterocycles. The number of rotatable bonds is 8. The zero-order valence-electron chi connectivity index (χ0n) is 13.8. The smallest absolute Gasteiger partial charge is 0.229 e. The number of carbonyl (C=O) groups excluding carboxylic acids is 1. The molecule has 8 heteroatoms. The fraction of sp³-hybridized carbons (Fsp3) is 0.533. The van der Waals surface area contributed by atoms with Crippen LogP contribution in [0.3, 0.4) is 0 Å². The Bertz CT molecular complexity index is 591. The van der Waals surface area contributed by atoms with Crippen LogP contribution in [-0.4, -0.2) is 27.1 Å². The first-order valence-corrected chi connectivity index (χ1v) is 9.20. The van der Waals surface area contributed by atoms with Crippen molar-refractivity contribution in [2.24, 2.45) is 11.1 Å². The van der Waals surface area contributed by atoms with E-state index in [0.29, 0.717) is 31.6 Å². The molecule has 0 saturated carbocycles. The van der Waals surface area contributed by atoms with E-state index in [9.17, 15) is 13.2 Å². The quantitative estimate of drug-likeness (QED) is 0.656. The molecule has 0 atom stereocenters. The fourth-order valence-corrected chi connectivity index (χ4v) is 2.79. The van der Waals surface area contributed by atoms with E-state index in [-0.39, 0.29) is 18.3 Å². The zero-order valence-corrected chi connectivity index (χ0v) is 15.4. The van der Waals surface area contributed by atoms with E-state index < -0.39 is 15.4 Å². The second-order valence-corrected chi connectivity index (χ2v) is 7.19. The maximum Gasteiger partial charge on any atom is 0.229 e. The number of nitrogens with one attached hydrogen (secondary N) is 2. The maximum absolute atomic E-state index is 12.3. The monoisotopic (exact) mass is 363 g/mol. The van der Waals surface area contributed by atoms with Gasteiger partial charge in [0, 0.05) is 18.8 Å². The van der Waals surface area contributed by atoms with E-state index in [1.54, 1.807) is 24.3 Å². The van der Waals surface area contributed by atoms with Crippen LogP contribution in [0.15, 0.2) is 24.3 Å². The van der Waals surface area contributed by atoms with Gasteiger partial charge < -0.3 is 11.1 Å². The number of carbonyl (C=O) groups is 1. The molecule has 1 aromatic rings. The van der Waals surface area contributed by atoms with Gasteiger partial charge in [0.25, 0.3) is 0 Å². The van der Waals surface area contributed by atoms with Gasteiger partial charge in [-0.2, -0.15) is 0 Å². The summed E-state index contributed by atoms with van der Waals surface area (Å²) in [6.45, 7) is 4.63. The van der Waals surface area contributed by atoms with Gasteiger partial charge in [-0.15, -0.1) is 12.4 Å². The molecule has 1 aromatic carbocycles. The molecule has 0 heterocycles. The topological polar surface area (TPSA) is 101 Å². The van der Waals surface area contributed by atoms with Gasteiger partial charge in [-0.05, 0) is 30.5 Å². The van der Waals surface area contributed by atoms with Crippen LogP contribution in [0.5, 0.6) is 0 Å². The first-order valence-electron chi connectivity index (χ1n) is 7.31. The minimum absolute atomic E-state index is 0. The van der Waals surface area contributed by atoms with Gasteiger partial charge in [-0.25, -0.2) is 8.42 Å². The van der Waals surface area contributed by atoms with Crippen molar-refractivity contribution in [3.05, 3.63) is 29.8 Å². The molecule has 0 spiro atoms. The van der Waals surface area contributed by atoms with Crippen molar-refractivity contribution in [1.29, 1.82) is 0 Å². The summed E-state index contributed by atoms with van der Waals surface area (Å²) < 4.78 is 24.7. The Kier molecular flexibility index (Phi) is 8.58. The van der Waals surface area contributed by atoms with Crippen LogP contribution in [-0.2, 0) is 21.4 Å². The molecule has 0 bridgehead atoms. The Hall–Kier alpha value is -1.31. The summed E-state index contributed by atoms with van der Waals surface area (Å²) in [5.74, 6) is -0.0432. The molecular weight excluding hydrogens is 338 g/mol. The van der Waals surface area contributed by atoms with E-state index >= 15 is 0 Å². The lowest BCUT2D eigenvalue weighted by Gasteiger charge is -2.28. The second-order valence-electron chi connectivity index (χ2n) is 5.45. The molecule has 0 aliphatic carbocycles.